The number of aromatic nitrogens is 3. The van der Waals surface area contributed by atoms with Crippen LogP contribution in [0, 0.1) is 15.9 Å². The quantitative estimate of drug-likeness (QED) is 0.451. The lowest BCUT2D eigenvalue weighted by molar-refractivity contribution is -0.384. The Morgan fingerprint density at radius 1 is 1.24 bits per heavy atom. The smallest absolute Gasteiger partial charge is 0.269 e. The molecule has 25 heavy (non-hydrogen) atoms. The molecule has 7 heteroatoms. The second-order valence-electron chi connectivity index (χ2n) is 5.70. The van der Waals surface area contributed by atoms with Gasteiger partial charge in [0, 0.05) is 47.2 Å². The molecule has 0 aliphatic rings. The number of nitro benzene ring substituents is 1. The summed E-state index contributed by atoms with van der Waals surface area (Å²) in [6.07, 6.45) is 6.86. The molecular formula is C18H13FN4O2. The van der Waals surface area contributed by atoms with Crippen LogP contribution in [0.2, 0.25) is 0 Å². The van der Waals surface area contributed by atoms with Gasteiger partial charge in [-0.3, -0.25) is 10.1 Å². The van der Waals surface area contributed by atoms with Gasteiger partial charge in [-0.2, -0.15) is 0 Å². The number of rotatable bonds is 4. The topological polar surface area (TPSA) is 76.8 Å². The third-order valence-electron chi connectivity index (χ3n) is 4.19. The normalized spacial score (nSPS) is 12.4. The number of benzene rings is 2. The molecule has 124 valence electrons. The van der Waals surface area contributed by atoms with Crippen molar-refractivity contribution < 1.29 is 9.31 Å². The number of imidazole rings is 1. The van der Waals surface area contributed by atoms with Crippen molar-refractivity contribution in [2.75, 3.05) is 0 Å². The molecule has 6 nitrogen and oxygen atoms in total. The lowest BCUT2D eigenvalue weighted by Crippen LogP contribution is -2.10. The van der Waals surface area contributed by atoms with Crippen LogP contribution in [-0.4, -0.2) is 19.5 Å². The number of hydrogen-bond acceptors (Lipinski definition) is 3. The Bertz CT molecular complexity index is 1060. The van der Waals surface area contributed by atoms with Gasteiger partial charge < -0.3 is 9.55 Å². The molecule has 2 aromatic carbocycles. The first-order chi connectivity index (χ1) is 12.1. The van der Waals surface area contributed by atoms with Gasteiger partial charge in [0.05, 0.1) is 17.3 Å². The Morgan fingerprint density at radius 3 is 2.88 bits per heavy atom. The average Bonchev–Trinajstić information content (AvgIpc) is 3.26. The first-order valence-electron chi connectivity index (χ1n) is 7.62. The fourth-order valence-electron chi connectivity index (χ4n) is 3.08. The molecule has 2 heterocycles. The number of fused-ring (bicyclic) bond motifs is 1. The van der Waals surface area contributed by atoms with E-state index in [4.69, 9.17) is 0 Å². The summed E-state index contributed by atoms with van der Waals surface area (Å²) in [4.78, 5) is 17.9. The van der Waals surface area contributed by atoms with Crippen LogP contribution in [0.4, 0.5) is 10.1 Å². The predicted octanol–water partition coefficient (Wildman–Crippen LogP) is 4.05. The van der Waals surface area contributed by atoms with E-state index < -0.39 is 4.92 Å². The minimum absolute atomic E-state index is 0.00800. The zero-order valence-corrected chi connectivity index (χ0v) is 13.0. The lowest BCUT2D eigenvalue weighted by Gasteiger charge is -2.18. The predicted molar refractivity (Wildman–Crippen MR) is 90.8 cm³/mol. The third-order valence-corrected chi connectivity index (χ3v) is 4.19. The number of nitro groups is 1. The molecule has 0 aliphatic heterocycles. The molecule has 0 spiro atoms. The minimum Gasteiger partial charge on any atom is -0.361 e. The summed E-state index contributed by atoms with van der Waals surface area (Å²) in [5, 5.41) is 11.9. The lowest BCUT2D eigenvalue weighted by atomic mass is 9.97. The van der Waals surface area contributed by atoms with Crippen molar-refractivity contribution in [3.8, 4) is 0 Å². The zero-order chi connectivity index (χ0) is 17.4. The molecular weight excluding hydrogens is 323 g/mol. The highest BCUT2D eigenvalue weighted by atomic mass is 19.1. The number of nitrogens with zero attached hydrogens (tertiary/aromatic N) is 3. The van der Waals surface area contributed by atoms with Crippen LogP contribution < -0.4 is 0 Å². The maximum atomic E-state index is 13.8. The summed E-state index contributed by atoms with van der Waals surface area (Å²) < 4.78 is 15.6. The van der Waals surface area contributed by atoms with Crippen molar-refractivity contribution in [2.45, 2.75) is 6.04 Å². The van der Waals surface area contributed by atoms with E-state index >= 15 is 0 Å². The Balaban J connectivity index is 1.94. The fraction of sp³-hybridized carbons (Fsp3) is 0.0556. The summed E-state index contributed by atoms with van der Waals surface area (Å²) in [6, 6.07) is 10.6. The van der Waals surface area contributed by atoms with Gasteiger partial charge in [-0.15, -0.1) is 0 Å². The first kappa shape index (κ1) is 15.1. The number of non-ortho nitro benzene ring substituents is 1. The van der Waals surface area contributed by atoms with E-state index in [1.165, 1.54) is 24.3 Å². The van der Waals surface area contributed by atoms with Gasteiger partial charge in [-0.05, 0) is 23.8 Å². The molecule has 2 aromatic heterocycles. The molecule has 1 atom stereocenters. The van der Waals surface area contributed by atoms with Gasteiger partial charge in [0.1, 0.15) is 5.82 Å². The Kier molecular flexibility index (Phi) is 3.53. The molecule has 4 aromatic rings. The Morgan fingerprint density at radius 2 is 2.12 bits per heavy atom. The van der Waals surface area contributed by atoms with Crippen LogP contribution in [0.1, 0.15) is 17.2 Å². The van der Waals surface area contributed by atoms with Crippen molar-refractivity contribution in [1.82, 2.24) is 14.5 Å². The fourth-order valence-corrected chi connectivity index (χ4v) is 3.08. The van der Waals surface area contributed by atoms with Gasteiger partial charge >= 0.3 is 0 Å². The van der Waals surface area contributed by atoms with E-state index in [0.717, 1.165) is 22.0 Å². The Labute approximate surface area is 141 Å². The van der Waals surface area contributed by atoms with E-state index in [-0.39, 0.29) is 17.5 Å². The second-order valence-corrected chi connectivity index (χ2v) is 5.70. The van der Waals surface area contributed by atoms with E-state index in [2.05, 4.69) is 9.97 Å². The molecule has 0 saturated carbocycles. The SMILES string of the molecule is O=[N+]([O-])c1cccc(C(c2c[nH]c3ccc(F)cc23)n2ccnc2)c1. The van der Waals surface area contributed by atoms with Crippen LogP contribution in [-0.2, 0) is 0 Å². The molecule has 0 radical (unpaired) electrons. The number of hydrogen-bond donors (Lipinski definition) is 1. The highest BCUT2D eigenvalue weighted by Gasteiger charge is 2.21. The number of H-pyrrole nitrogens is 1. The van der Waals surface area contributed by atoms with Crippen molar-refractivity contribution in [2.24, 2.45) is 0 Å². The molecule has 0 aliphatic carbocycles. The van der Waals surface area contributed by atoms with Crippen LogP contribution in [0.25, 0.3) is 10.9 Å². The van der Waals surface area contributed by atoms with E-state index in [1.807, 2.05) is 10.6 Å². The van der Waals surface area contributed by atoms with Gasteiger partial charge in [0.25, 0.3) is 5.69 Å². The van der Waals surface area contributed by atoms with E-state index in [0.29, 0.717) is 0 Å². The third kappa shape index (κ3) is 2.65. The largest absolute Gasteiger partial charge is 0.361 e. The highest BCUT2D eigenvalue weighted by Crippen LogP contribution is 2.33. The molecule has 0 bridgehead atoms. The van der Waals surface area contributed by atoms with Gasteiger partial charge in [0.15, 0.2) is 0 Å². The monoisotopic (exact) mass is 336 g/mol. The molecule has 1 N–H and O–H groups in total. The summed E-state index contributed by atoms with van der Waals surface area (Å²) in [5.41, 5.74) is 2.34. The summed E-state index contributed by atoms with van der Waals surface area (Å²) in [7, 11) is 0. The summed E-state index contributed by atoms with van der Waals surface area (Å²) in [6.45, 7) is 0. The summed E-state index contributed by atoms with van der Waals surface area (Å²) >= 11 is 0. The zero-order valence-electron chi connectivity index (χ0n) is 13.0. The maximum Gasteiger partial charge on any atom is 0.269 e. The minimum atomic E-state index is -0.427. The molecule has 0 fully saturated rings. The van der Waals surface area contributed by atoms with Crippen LogP contribution in [0.3, 0.4) is 0 Å². The number of halogens is 1. The first-order valence-corrected chi connectivity index (χ1v) is 7.62. The van der Waals surface area contributed by atoms with Crippen LogP contribution in [0.15, 0.2) is 67.4 Å². The molecule has 4 rings (SSSR count). The molecule has 0 saturated heterocycles. The summed E-state index contributed by atoms with van der Waals surface area (Å²) in [5.74, 6) is -0.336. The van der Waals surface area contributed by atoms with Gasteiger partial charge in [-0.25, -0.2) is 9.37 Å². The van der Waals surface area contributed by atoms with Crippen LogP contribution >= 0.6 is 0 Å². The van der Waals surface area contributed by atoms with Gasteiger partial charge in [-0.1, -0.05) is 12.1 Å². The number of nitrogens with one attached hydrogen (secondary N) is 1. The maximum absolute atomic E-state index is 13.8. The van der Waals surface area contributed by atoms with E-state index in [9.17, 15) is 14.5 Å². The Hall–Kier alpha value is -3.48. The van der Waals surface area contributed by atoms with Crippen molar-refractivity contribution in [3.05, 3.63) is 94.4 Å². The van der Waals surface area contributed by atoms with Crippen molar-refractivity contribution >= 4 is 16.6 Å². The van der Waals surface area contributed by atoms with E-state index in [1.54, 1.807) is 37.1 Å². The standard InChI is InChI=1S/C18H13FN4O2/c19-13-4-5-17-15(9-13)16(10-21-17)18(22-7-6-20-11-22)12-2-1-3-14(8-12)23(24)25/h1-11,18,21H. The molecule has 1 unspecified atom stereocenters. The van der Waals surface area contributed by atoms with Crippen molar-refractivity contribution in [1.29, 1.82) is 0 Å². The molecule has 0 amide bonds. The highest BCUT2D eigenvalue weighted by molar-refractivity contribution is 5.84. The van der Waals surface area contributed by atoms with Crippen molar-refractivity contribution in [3.63, 3.8) is 0 Å². The second kappa shape index (κ2) is 5.86. The van der Waals surface area contributed by atoms with Crippen LogP contribution in [0.5, 0.6) is 0 Å². The van der Waals surface area contributed by atoms with Gasteiger partial charge in [0.2, 0.25) is 0 Å². The average molecular weight is 336 g/mol. The number of aromatic amines is 1.